The van der Waals surface area contributed by atoms with E-state index in [0.29, 0.717) is 19.1 Å². The van der Waals surface area contributed by atoms with Crippen LogP contribution >= 0.6 is 0 Å². The van der Waals surface area contributed by atoms with Gasteiger partial charge < -0.3 is 20.1 Å². The molecule has 0 bridgehead atoms. The van der Waals surface area contributed by atoms with E-state index in [1.165, 1.54) is 5.56 Å². The van der Waals surface area contributed by atoms with E-state index in [0.717, 1.165) is 17.9 Å². The van der Waals surface area contributed by atoms with E-state index in [1.54, 1.807) is 14.2 Å². The first kappa shape index (κ1) is 13.7. The van der Waals surface area contributed by atoms with Gasteiger partial charge in [0.25, 0.3) is 0 Å². The lowest BCUT2D eigenvalue weighted by Crippen LogP contribution is -2.38. The second-order valence-corrected chi connectivity index (χ2v) is 4.63. The monoisotopic (exact) mass is 263 g/mol. The molecule has 0 aliphatic carbocycles. The smallest absolute Gasteiger partial charge is 0.192 e. The Morgan fingerprint density at radius 1 is 1.42 bits per heavy atom. The molecule has 104 valence electrons. The average molecular weight is 263 g/mol. The lowest BCUT2D eigenvalue weighted by molar-refractivity contribution is 0.166. The molecule has 5 nitrogen and oxygen atoms in total. The molecule has 19 heavy (non-hydrogen) atoms. The number of ether oxygens (including phenoxy) is 2. The topological polar surface area (TPSA) is 60.1 Å². The van der Waals surface area contributed by atoms with Gasteiger partial charge in [0, 0.05) is 13.7 Å². The molecule has 1 aliphatic rings. The zero-order valence-electron chi connectivity index (χ0n) is 11.7. The van der Waals surface area contributed by atoms with Crippen LogP contribution < -0.4 is 10.5 Å². The van der Waals surface area contributed by atoms with Crippen LogP contribution in [0.3, 0.4) is 0 Å². The molecule has 2 rings (SSSR count). The predicted molar refractivity (Wildman–Crippen MR) is 75.5 cm³/mol. The van der Waals surface area contributed by atoms with E-state index >= 15 is 0 Å². The molecule has 0 saturated carbocycles. The van der Waals surface area contributed by atoms with Crippen molar-refractivity contribution in [1.29, 1.82) is 0 Å². The SMILES string of the molecule is COCCN1C(N)=NCC1c1ccc(OC)c(C)c1. The van der Waals surface area contributed by atoms with E-state index in [2.05, 4.69) is 22.0 Å². The molecular formula is C14H21N3O2. The number of aliphatic imine (C=N–C) groups is 1. The Bertz CT molecular complexity index is 474. The first-order valence-corrected chi connectivity index (χ1v) is 6.37. The van der Waals surface area contributed by atoms with Crippen LogP contribution in [0, 0.1) is 6.92 Å². The number of benzene rings is 1. The third-order valence-corrected chi connectivity index (χ3v) is 3.44. The van der Waals surface area contributed by atoms with Crippen molar-refractivity contribution < 1.29 is 9.47 Å². The first-order chi connectivity index (χ1) is 9.17. The van der Waals surface area contributed by atoms with Crippen LogP contribution in [0.4, 0.5) is 0 Å². The Morgan fingerprint density at radius 2 is 2.21 bits per heavy atom. The van der Waals surface area contributed by atoms with Gasteiger partial charge in [0.15, 0.2) is 5.96 Å². The van der Waals surface area contributed by atoms with Crippen LogP contribution in [-0.4, -0.2) is 44.8 Å². The summed E-state index contributed by atoms with van der Waals surface area (Å²) >= 11 is 0. The van der Waals surface area contributed by atoms with Gasteiger partial charge in [-0.15, -0.1) is 0 Å². The van der Waals surface area contributed by atoms with Gasteiger partial charge >= 0.3 is 0 Å². The van der Waals surface area contributed by atoms with E-state index in [4.69, 9.17) is 15.2 Å². The Balaban J connectivity index is 2.18. The molecule has 0 saturated heterocycles. The van der Waals surface area contributed by atoms with E-state index in [9.17, 15) is 0 Å². The summed E-state index contributed by atoms with van der Waals surface area (Å²) in [6.45, 7) is 4.13. The van der Waals surface area contributed by atoms with Crippen molar-refractivity contribution in [3.8, 4) is 5.75 Å². The quantitative estimate of drug-likeness (QED) is 0.870. The summed E-state index contributed by atoms with van der Waals surface area (Å²) in [4.78, 5) is 6.42. The zero-order valence-corrected chi connectivity index (χ0v) is 11.7. The van der Waals surface area contributed by atoms with Gasteiger partial charge in [-0.25, -0.2) is 0 Å². The molecule has 1 aromatic rings. The molecule has 1 unspecified atom stereocenters. The molecule has 0 amide bonds. The number of rotatable bonds is 5. The number of nitrogens with zero attached hydrogens (tertiary/aromatic N) is 2. The molecule has 0 fully saturated rings. The second-order valence-electron chi connectivity index (χ2n) is 4.63. The maximum absolute atomic E-state index is 5.94. The van der Waals surface area contributed by atoms with E-state index < -0.39 is 0 Å². The Kier molecular flexibility index (Phi) is 4.27. The molecular weight excluding hydrogens is 242 g/mol. The minimum atomic E-state index is 0.194. The van der Waals surface area contributed by atoms with Crippen molar-refractivity contribution in [2.24, 2.45) is 10.7 Å². The van der Waals surface area contributed by atoms with Crippen LogP contribution in [-0.2, 0) is 4.74 Å². The second kappa shape index (κ2) is 5.93. The molecule has 0 radical (unpaired) electrons. The minimum Gasteiger partial charge on any atom is -0.496 e. The lowest BCUT2D eigenvalue weighted by atomic mass is 10.0. The van der Waals surface area contributed by atoms with Crippen molar-refractivity contribution in [2.75, 3.05) is 33.9 Å². The molecule has 5 heteroatoms. The summed E-state index contributed by atoms with van der Waals surface area (Å²) < 4.78 is 10.4. The van der Waals surface area contributed by atoms with Gasteiger partial charge in [0.1, 0.15) is 5.75 Å². The number of hydrogen-bond acceptors (Lipinski definition) is 5. The maximum Gasteiger partial charge on any atom is 0.192 e. The highest BCUT2D eigenvalue weighted by molar-refractivity contribution is 5.80. The summed E-state index contributed by atoms with van der Waals surface area (Å²) in [7, 11) is 3.37. The molecule has 0 aromatic heterocycles. The number of guanidine groups is 1. The molecule has 1 heterocycles. The minimum absolute atomic E-state index is 0.194. The van der Waals surface area contributed by atoms with Gasteiger partial charge in [0.2, 0.25) is 0 Å². The third kappa shape index (κ3) is 2.81. The van der Waals surface area contributed by atoms with E-state index in [-0.39, 0.29) is 6.04 Å². The fourth-order valence-corrected chi connectivity index (χ4v) is 2.38. The maximum atomic E-state index is 5.94. The summed E-state index contributed by atoms with van der Waals surface area (Å²) in [5.74, 6) is 1.49. The number of nitrogens with two attached hydrogens (primary N) is 1. The fraction of sp³-hybridized carbons (Fsp3) is 0.500. The Morgan fingerprint density at radius 3 is 2.84 bits per heavy atom. The molecule has 0 spiro atoms. The van der Waals surface area contributed by atoms with Crippen molar-refractivity contribution in [3.05, 3.63) is 29.3 Å². The number of aryl methyl sites for hydroxylation is 1. The van der Waals surface area contributed by atoms with Crippen molar-refractivity contribution >= 4 is 5.96 Å². The van der Waals surface area contributed by atoms with Crippen LogP contribution in [0.15, 0.2) is 23.2 Å². The van der Waals surface area contributed by atoms with Gasteiger partial charge in [-0.3, -0.25) is 4.99 Å². The fourth-order valence-electron chi connectivity index (χ4n) is 2.38. The highest BCUT2D eigenvalue weighted by Crippen LogP contribution is 2.28. The molecule has 2 N–H and O–H groups in total. The highest BCUT2D eigenvalue weighted by Gasteiger charge is 2.27. The number of methoxy groups -OCH3 is 2. The normalized spacial score (nSPS) is 18.6. The molecule has 1 aliphatic heterocycles. The summed E-state index contributed by atoms with van der Waals surface area (Å²) in [5.41, 5.74) is 8.27. The van der Waals surface area contributed by atoms with Crippen molar-refractivity contribution in [2.45, 2.75) is 13.0 Å². The summed E-state index contributed by atoms with van der Waals surface area (Å²) in [6.07, 6.45) is 0. The predicted octanol–water partition coefficient (Wildman–Crippen LogP) is 1.32. The van der Waals surface area contributed by atoms with Gasteiger partial charge in [0.05, 0.1) is 26.3 Å². The summed E-state index contributed by atoms with van der Waals surface area (Å²) in [5, 5.41) is 0. The van der Waals surface area contributed by atoms with Crippen LogP contribution in [0.25, 0.3) is 0 Å². The molecule has 1 aromatic carbocycles. The van der Waals surface area contributed by atoms with E-state index in [1.807, 2.05) is 13.0 Å². The largest absolute Gasteiger partial charge is 0.496 e. The Hall–Kier alpha value is -1.75. The van der Waals surface area contributed by atoms with Crippen LogP contribution in [0.2, 0.25) is 0 Å². The van der Waals surface area contributed by atoms with Gasteiger partial charge in [-0.1, -0.05) is 12.1 Å². The number of hydrogen-bond donors (Lipinski definition) is 1. The van der Waals surface area contributed by atoms with Crippen LogP contribution in [0.5, 0.6) is 5.75 Å². The first-order valence-electron chi connectivity index (χ1n) is 6.37. The molecule has 1 atom stereocenters. The highest BCUT2D eigenvalue weighted by atomic mass is 16.5. The third-order valence-electron chi connectivity index (χ3n) is 3.44. The van der Waals surface area contributed by atoms with Crippen LogP contribution in [0.1, 0.15) is 17.2 Å². The standard InChI is InChI=1S/C14H21N3O2/c1-10-8-11(4-5-13(10)19-3)12-9-16-14(15)17(12)6-7-18-2/h4-5,8,12H,6-7,9H2,1-3H3,(H2,15,16). The van der Waals surface area contributed by atoms with Gasteiger partial charge in [-0.05, 0) is 24.1 Å². The van der Waals surface area contributed by atoms with Crippen molar-refractivity contribution in [3.63, 3.8) is 0 Å². The Labute approximate surface area is 114 Å². The lowest BCUT2D eigenvalue weighted by Gasteiger charge is -2.26. The summed E-state index contributed by atoms with van der Waals surface area (Å²) in [6, 6.07) is 6.40. The average Bonchev–Trinajstić information content (AvgIpc) is 2.77. The van der Waals surface area contributed by atoms with Gasteiger partial charge in [-0.2, -0.15) is 0 Å². The zero-order chi connectivity index (χ0) is 13.8. The van der Waals surface area contributed by atoms with Crippen molar-refractivity contribution in [1.82, 2.24) is 4.90 Å².